The summed E-state index contributed by atoms with van der Waals surface area (Å²) in [5.74, 6) is 0.747. The third-order valence-corrected chi connectivity index (χ3v) is 8.94. The van der Waals surface area contributed by atoms with E-state index in [2.05, 4.69) is 46.4 Å². The first-order valence-corrected chi connectivity index (χ1v) is 12.7. The predicted octanol–water partition coefficient (Wildman–Crippen LogP) is 5.90. The van der Waals surface area contributed by atoms with Crippen molar-refractivity contribution < 1.29 is 20.1 Å². The van der Waals surface area contributed by atoms with Crippen molar-refractivity contribution in [2.24, 2.45) is 35.0 Å². The van der Waals surface area contributed by atoms with E-state index < -0.39 is 18.2 Å². The van der Waals surface area contributed by atoms with E-state index in [0.29, 0.717) is 30.6 Å². The van der Waals surface area contributed by atoms with Gasteiger partial charge in [-0.05, 0) is 85.2 Å². The standard InChI is InChI=1S/C28H44O4/c1-17(2)8-11-23(27(31)32)19(4)24-12-13-25-20(7-6-14-28(24,25)5)9-10-21-15-22(29)16-26(30)18(21)3/h9-10,17,19,22-26,29-30H,3,6-8,11-16H2,1-2,4-5H3,(H,31,32)/t19-,22-,23?,24-,25?,26+,28-/m1/s1. The summed E-state index contributed by atoms with van der Waals surface area (Å²) >= 11 is 0. The highest BCUT2D eigenvalue weighted by Gasteiger charge is 2.52. The summed E-state index contributed by atoms with van der Waals surface area (Å²) in [6.07, 6.45) is 11.4. The summed E-state index contributed by atoms with van der Waals surface area (Å²) in [6, 6.07) is 0. The molecule has 0 heterocycles. The van der Waals surface area contributed by atoms with E-state index in [1.165, 1.54) is 12.0 Å². The van der Waals surface area contributed by atoms with Crippen LogP contribution < -0.4 is 0 Å². The summed E-state index contributed by atoms with van der Waals surface area (Å²) < 4.78 is 0. The Hall–Kier alpha value is -1.39. The molecule has 0 aromatic carbocycles. The summed E-state index contributed by atoms with van der Waals surface area (Å²) in [7, 11) is 0. The number of fused-ring (bicyclic) bond motifs is 1. The maximum absolute atomic E-state index is 12.1. The fourth-order valence-corrected chi connectivity index (χ4v) is 7.01. The minimum atomic E-state index is -0.657. The highest BCUT2D eigenvalue weighted by atomic mass is 16.4. The fourth-order valence-electron chi connectivity index (χ4n) is 7.01. The van der Waals surface area contributed by atoms with Gasteiger partial charge in [0, 0.05) is 6.42 Å². The molecule has 3 fully saturated rings. The molecule has 3 N–H and O–H groups in total. The van der Waals surface area contributed by atoms with Crippen LogP contribution in [-0.4, -0.2) is 33.5 Å². The van der Waals surface area contributed by atoms with Crippen molar-refractivity contribution >= 4 is 5.97 Å². The van der Waals surface area contributed by atoms with E-state index in [4.69, 9.17) is 0 Å². The molecule has 32 heavy (non-hydrogen) atoms. The lowest BCUT2D eigenvalue weighted by molar-refractivity contribution is -0.145. The fraction of sp³-hybridized carbons (Fsp3) is 0.750. The molecule has 0 aliphatic heterocycles. The van der Waals surface area contributed by atoms with Gasteiger partial charge in [-0.15, -0.1) is 0 Å². The SMILES string of the molecule is C=C1C(=CC=C2CCC[C@@]3(C)C2CC[C@@H]3[C@H](C)C(CCC(C)C)C(=O)O)C[C@@H](O)C[C@@H]1O. The van der Waals surface area contributed by atoms with Gasteiger partial charge in [0.25, 0.3) is 0 Å². The summed E-state index contributed by atoms with van der Waals surface area (Å²) in [5, 5.41) is 30.2. The lowest BCUT2D eigenvalue weighted by atomic mass is 9.59. The lowest BCUT2D eigenvalue weighted by Gasteiger charge is -2.45. The van der Waals surface area contributed by atoms with Crippen molar-refractivity contribution in [3.8, 4) is 0 Å². The van der Waals surface area contributed by atoms with Gasteiger partial charge in [-0.3, -0.25) is 4.79 Å². The molecule has 180 valence electrons. The zero-order valence-corrected chi connectivity index (χ0v) is 20.5. The number of aliphatic carboxylic acids is 1. The Balaban J connectivity index is 1.80. The molecule has 7 atom stereocenters. The van der Waals surface area contributed by atoms with Crippen molar-refractivity contribution in [1.29, 1.82) is 0 Å². The molecule has 4 heteroatoms. The van der Waals surface area contributed by atoms with E-state index in [9.17, 15) is 20.1 Å². The van der Waals surface area contributed by atoms with Gasteiger partial charge in [0.1, 0.15) is 0 Å². The maximum atomic E-state index is 12.1. The maximum Gasteiger partial charge on any atom is 0.306 e. The monoisotopic (exact) mass is 444 g/mol. The van der Waals surface area contributed by atoms with Gasteiger partial charge in [-0.1, -0.05) is 58.4 Å². The van der Waals surface area contributed by atoms with Crippen molar-refractivity contribution in [3.05, 3.63) is 35.5 Å². The normalized spacial score (nSPS) is 37.7. The molecule has 0 spiro atoms. The van der Waals surface area contributed by atoms with Crippen LogP contribution in [0.1, 0.15) is 85.5 Å². The van der Waals surface area contributed by atoms with Gasteiger partial charge in [0.2, 0.25) is 0 Å². The van der Waals surface area contributed by atoms with E-state index in [1.807, 2.05) is 0 Å². The number of allylic oxidation sites excluding steroid dienone is 3. The van der Waals surface area contributed by atoms with Gasteiger partial charge >= 0.3 is 5.97 Å². The van der Waals surface area contributed by atoms with Crippen molar-refractivity contribution in [1.82, 2.24) is 0 Å². The molecular weight excluding hydrogens is 400 g/mol. The molecule has 4 nitrogen and oxygen atoms in total. The molecule has 3 rings (SSSR count). The highest BCUT2D eigenvalue weighted by Crippen LogP contribution is 2.60. The Kier molecular flexibility index (Phi) is 8.09. The Morgan fingerprint density at radius 3 is 2.56 bits per heavy atom. The highest BCUT2D eigenvalue weighted by molar-refractivity contribution is 5.70. The van der Waals surface area contributed by atoms with Crippen LogP contribution in [0.15, 0.2) is 35.5 Å². The van der Waals surface area contributed by atoms with E-state index in [1.54, 1.807) is 0 Å². The van der Waals surface area contributed by atoms with Crippen molar-refractivity contribution in [2.75, 3.05) is 0 Å². The first-order valence-electron chi connectivity index (χ1n) is 12.7. The minimum Gasteiger partial charge on any atom is -0.481 e. The second kappa shape index (κ2) is 10.3. The van der Waals surface area contributed by atoms with Crippen LogP contribution in [0.3, 0.4) is 0 Å². The van der Waals surface area contributed by atoms with Crippen molar-refractivity contribution in [2.45, 2.75) is 97.7 Å². The second-order valence-electron chi connectivity index (χ2n) is 11.4. The van der Waals surface area contributed by atoms with E-state index in [0.717, 1.165) is 49.7 Å². The van der Waals surface area contributed by atoms with Crippen LogP contribution in [0.4, 0.5) is 0 Å². The van der Waals surface area contributed by atoms with E-state index >= 15 is 0 Å². The average Bonchev–Trinajstić information content (AvgIpc) is 3.06. The Bertz CT molecular complexity index is 763. The van der Waals surface area contributed by atoms with Gasteiger partial charge in [-0.2, -0.15) is 0 Å². The number of hydrogen-bond donors (Lipinski definition) is 3. The Labute approximate surface area is 194 Å². The number of carbonyl (C=O) groups is 1. The smallest absolute Gasteiger partial charge is 0.306 e. The summed E-state index contributed by atoms with van der Waals surface area (Å²) in [6.45, 7) is 13.0. The third-order valence-electron chi connectivity index (χ3n) is 8.94. The number of carboxylic acid groups (broad SMARTS) is 1. The zero-order valence-electron chi connectivity index (χ0n) is 20.5. The second-order valence-corrected chi connectivity index (χ2v) is 11.4. The van der Waals surface area contributed by atoms with Crippen LogP contribution in [0.25, 0.3) is 0 Å². The third kappa shape index (κ3) is 5.22. The van der Waals surface area contributed by atoms with Gasteiger partial charge in [-0.25, -0.2) is 0 Å². The van der Waals surface area contributed by atoms with Gasteiger partial charge < -0.3 is 15.3 Å². The number of aliphatic hydroxyl groups is 2. The molecule has 3 saturated carbocycles. The molecule has 0 aromatic rings. The molecule has 3 aliphatic carbocycles. The average molecular weight is 445 g/mol. The molecule has 0 aromatic heterocycles. The number of hydrogen-bond acceptors (Lipinski definition) is 3. The van der Waals surface area contributed by atoms with Gasteiger partial charge in [0.05, 0.1) is 18.1 Å². The largest absolute Gasteiger partial charge is 0.481 e. The number of carboxylic acids is 1. The van der Waals surface area contributed by atoms with Crippen molar-refractivity contribution in [3.63, 3.8) is 0 Å². The van der Waals surface area contributed by atoms with Crippen LogP contribution in [-0.2, 0) is 4.79 Å². The first-order chi connectivity index (χ1) is 15.0. The quantitative estimate of drug-likeness (QED) is 0.457. The molecule has 0 amide bonds. The van der Waals surface area contributed by atoms with E-state index in [-0.39, 0.29) is 17.3 Å². The zero-order chi connectivity index (χ0) is 23.6. The van der Waals surface area contributed by atoms with Crippen LogP contribution >= 0.6 is 0 Å². The minimum absolute atomic E-state index is 0.149. The molecule has 0 saturated heterocycles. The van der Waals surface area contributed by atoms with Gasteiger partial charge in [0.15, 0.2) is 0 Å². The predicted molar refractivity (Wildman–Crippen MR) is 129 cm³/mol. The number of aliphatic hydroxyl groups excluding tert-OH is 2. The molecular formula is C28H44O4. The summed E-state index contributed by atoms with van der Waals surface area (Å²) in [4.78, 5) is 12.1. The molecule has 0 bridgehead atoms. The van der Waals surface area contributed by atoms with Crippen LogP contribution in [0, 0.1) is 35.0 Å². The number of rotatable bonds is 7. The first kappa shape index (κ1) is 25.2. The molecule has 3 aliphatic rings. The molecule has 0 radical (unpaired) electrons. The topological polar surface area (TPSA) is 77.8 Å². The lowest BCUT2D eigenvalue weighted by Crippen LogP contribution is -2.39. The Morgan fingerprint density at radius 2 is 1.91 bits per heavy atom. The Morgan fingerprint density at radius 1 is 1.19 bits per heavy atom. The molecule has 2 unspecified atom stereocenters. The summed E-state index contributed by atoms with van der Waals surface area (Å²) in [5.41, 5.74) is 3.30. The van der Waals surface area contributed by atoms with Crippen LogP contribution in [0.5, 0.6) is 0 Å². The van der Waals surface area contributed by atoms with Crippen LogP contribution in [0.2, 0.25) is 0 Å².